The van der Waals surface area contributed by atoms with Crippen molar-refractivity contribution in [3.05, 3.63) is 0 Å². The first-order valence-electron chi connectivity index (χ1n) is 11.9. The van der Waals surface area contributed by atoms with Gasteiger partial charge in [-0.2, -0.15) is 0 Å². The first-order valence-corrected chi connectivity index (χ1v) is 11.9. The molecule has 0 fully saturated rings. The molecule has 0 aliphatic rings. The number of unbranched alkanes of at least 4 members (excludes halogenated alkanes) is 12. The molecule has 1 amide bonds. The topological polar surface area (TPSA) is 120 Å². The van der Waals surface area contributed by atoms with Crippen LogP contribution in [0, 0.1) is 0 Å². The second-order valence-electron chi connectivity index (χ2n) is 8.08. The van der Waals surface area contributed by atoms with Gasteiger partial charge in [0.25, 0.3) is 0 Å². The van der Waals surface area contributed by atoms with E-state index >= 15 is 0 Å². The number of nitrogens with two attached hydrogens (primary N) is 2. The molecule has 0 unspecified atom stereocenters. The lowest BCUT2D eigenvalue weighted by Gasteiger charge is -2.16. The second kappa shape index (κ2) is 20.5. The molecule has 0 rings (SSSR count). The third kappa shape index (κ3) is 18.3. The molecule has 0 spiro atoms. The number of esters is 1. The number of carbonyl (C=O) groups is 2. The maximum Gasteiger partial charge on any atom is 0.328 e. The quantitative estimate of drug-likeness (QED) is 0.117. The summed E-state index contributed by atoms with van der Waals surface area (Å²) in [5, 5.41) is 2.77. The Bertz CT molecular complexity index is 465. The zero-order chi connectivity index (χ0) is 22.5. The SMILES string of the molecule is CCCCCCCCCCCCCCCC(=O)N[C@@H](CCCN=C(N)N)C(=O)OC. The highest BCUT2D eigenvalue weighted by atomic mass is 16.5. The average Bonchev–Trinajstić information content (AvgIpc) is 2.72. The van der Waals surface area contributed by atoms with Crippen LogP contribution in [0.5, 0.6) is 0 Å². The molecule has 0 bridgehead atoms. The molecule has 0 aromatic rings. The standard InChI is InChI=1S/C23H46N4O3/c1-3-4-5-6-7-8-9-10-11-12-13-14-15-18-21(28)27-20(22(29)30-2)17-16-19-26-23(24)25/h20H,3-19H2,1-2H3,(H,27,28)(H4,24,25,26)/t20-/m0/s1. The molecule has 1 atom stereocenters. The Morgan fingerprint density at radius 1 is 0.833 bits per heavy atom. The summed E-state index contributed by atoms with van der Waals surface area (Å²) in [4.78, 5) is 27.9. The lowest BCUT2D eigenvalue weighted by atomic mass is 10.0. The van der Waals surface area contributed by atoms with E-state index in [0.29, 0.717) is 25.8 Å². The van der Waals surface area contributed by atoms with E-state index in [9.17, 15) is 9.59 Å². The molecule has 0 aliphatic carbocycles. The number of aliphatic imine (C=N–C) groups is 1. The minimum atomic E-state index is -0.640. The fraction of sp³-hybridized carbons (Fsp3) is 0.870. The number of amides is 1. The maximum absolute atomic E-state index is 12.1. The van der Waals surface area contributed by atoms with E-state index in [1.165, 1.54) is 77.7 Å². The molecule has 0 radical (unpaired) electrons. The molecular formula is C23H46N4O3. The van der Waals surface area contributed by atoms with Crippen molar-refractivity contribution < 1.29 is 14.3 Å². The first-order chi connectivity index (χ1) is 14.5. The summed E-state index contributed by atoms with van der Waals surface area (Å²) in [5.41, 5.74) is 10.6. The van der Waals surface area contributed by atoms with Crippen LogP contribution >= 0.6 is 0 Å². The van der Waals surface area contributed by atoms with Crippen molar-refractivity contribution in [1.29, 1.82) is 0 Å². The van der Waals surface area contributed by atoms with Crippen molar-refractivity contribution in [1.82, 2.24) is 5.32 Å². The van der Waals surface area contributed by atoms with Crippen LogP contribution in [0.4, 0.5) is 0 Å². The summed E-state index contributed by atoms with van der Waals surface area (Å²) in [5.74, 6) is -0.509. The highest BCUT2D eigenvalue weighted by molar-refractivity contribution is 5.84. The number of guanidine groups is 1. The van der Waals surface area contributed by atoms with E-state index in [0.717, 1.165) is 12.8 Å². The largest absolute Gasteiger partial charge is 0.467 e. The van der Waals surface area contributed by atoms with Crippen LogP contribution in [-0.2, 0) is 14.3 Å². The summed E-state index contributed by atoms with van der Waals surface area (Å²) < 4.78 is 4.77. The van der Waals surface area contributed by atoms with Crippen molar-refractivity contribution in [2.24, 2.45) is 16.5 Å². The third-order valence-corrected chi connectivity index (χ3v) is 5.27. The number of ether oxygens (including phenoxy) is 1. The molecule has 0 aromatic carbocycles. The Morgan fingerprint density at radius 2 is 1.33 bits per heavy atom. The zero-order valence-corrected chi connectivity index (χ0v) is 19.4. The monoisotopic (exact) mass is 426 g/mol. The van der Waals surface area contributed by atoms with Gasteiger partial charge in [-0.25, -0.2) is 4.79 Å². The van der Waals surface area contributed by atoms with Crippen molar-refractivity contribution in [3.63, 3.8) is 0 Å². The highest BCUT2D eigenvalue weighted by Crippen LogP contribution is 2.13. The number of hydrogen-bond donors (Lipinski definition) is 3. The van der Waals surface area contributed by atoms with E-state index < -0.39 is 12.0 Å². The second-order valence-corrected chi connectivity index (χ2v) is 8.08. The van der Waals surface area contributed by atoms with Crippen LogP contribution < -0.4 is 16.8 Å². The van der Waals surface area contributed by atoms with Crippen LogP contribution in [-0.4, -0.2) is 37.5 Å². The molecule has 176 valence electrons. The Balaban J connectivity index is 3.70. The van der Waals surface area contributed by atoms with Gasteiger partial charge in [-0.15, -0.1) is 0 Å². The summed E-state index contributed by atoms with van der Waals surface area (Å²) in [6.07, 6.45) is 18.0. The van der Waals surface area contributed by atoms with E-state index in [2.05, 4.69) is 17.2 Å². The lowest BCUT2D eigenvalue weighted by molar-refractivity contribution is -0.145. The predicted octanol–water partition coefficient (Wildman–Crippen LogP) is 4.18. The van der Waals surface area contributed by atoms with Gasteiger partial charge < -0.3 is 21.5 Å². The predicted molar refractivity (Wildman–Crippen MR) is 124 cm³/mol. The Morgan fingerprint density at radius 3 is 1.80 bits per heavy atom. The highest BCUT2D eigenvalue weighted by Gasteiger charge is 2.20. The van der Waals surface area contributed by atoms with Crippen LogP contribution in [0.2, 0.25) is 0 Å². The van der Waals surface area contributed by atoms with Gasteiger partial charge in [0.2, 0.25) is 5.91 Å². The summed E-state index contributed by atoms with van der Waals surface area (Å²) in [6, 6.07) is -0.640. The molecule has 7 heteroatoms. The van der Waals surface area contributed by atoms with Crippen LogP contribution in [0.1, 0.15) is 110 Å². The van der Waals surface area contributed by atoms with Gasteiger partial charge >= 0.3 is 5.97 Å². The van der Waals surface area contributed by atoms with Gasteiger partial charge in [-0.05, 0) is 19.3 Å². The maximum atomic E-state index is 12.1. The van der Waals surface area contributed by atoms with Gasteiger partial charge in [0.05, 0.1) is 7.11 Å². The Labute approximate surface area is 183 Å². The number of rotatable bonds is 20. The minimum Gasteiger partial charge on any atom is -0.467 e. The molecule has 7 nitrogen and oxygen atoms in total. The molecule has 0 saturated carbocycles. The molecule has 0 aromatic heterocycles. The van der Waals surface area contributed by atoms with Crippen LogP contribution in [0.3, 0.4) is 0 Å². The van der Waals surface area contributed by atoms with E-state index in [1.807, 2.05) is 0 Å². The minimum absolute atomic E-state index is 0.0241. The first kappa shape index (κ1) is 28.2. The fourth-order valence-corrected chi connectivity index (χ4v) is 3.46. The van der Waals surface area contributed by atoms with Gasteiger partial charge in [0.1, 0.15) is 6.04 Å². The molecule has 30 heavy (non-hydrogen) atoms. The summed E-state index contributed by atoms with van der Waals surface area (Å²) in [7, 11) is 1.32. The van der Waals surface area contributed by atoms with Crippen LogP contribution in [0.15, 0.2) is 4.99 Å². The molecule has 0 aliphatic heterocycles. The smallest absolute Gasteiger partial charge is 0.328 e. The molecule has 0 heterocycles. The Kier molecular flexibility index (Phi) is 19.3. The van der Waals surface area contributed by atoms with E-state index in [-0.39, 0.29) is 11.9 Å². The average molecular weight is 427 g/mol. The Hall–Kier alpha value is -1.79. The fourth-order valence-electron chi connectivity index (χ4n) is 3.46. The van der Waals surface area contributed by atoms with Crippen LogP contribution in [0.25, 0.3) is 0 Å². The van der Waals surface area contributed by atoms with E-state index in [1.54, 1.807) is 0 Å². The lowest BCUT2D eigenvalue weighted by Crippen LogP contribution is -2.41. The zero-order valence-electron chi connectivity index (χ0n) is 19.4. The normalized spacial score (nSPS) is 11.7. The van der Waals surface area contributed by atoms with E-state index in [4.69, 9.17) is 16.2 Å². The van der Waals surface area contributed by atoms with Crippen molar-refractivity contribution in [3.8, 4) is 0 Å². The number of hydrogen-bond acceptors (Lipinski definition) is 4. The molecule has 0 saturated heterocycles. The van der Waals surface area contributed by atoms with Crippen molar-refractivity contribution >= 4 is 17.8 Å². The summed E-state index contributed by atoms with van der Waals surface area (Å²) >= 11 is 0. The van der Waals surface area contributed by atoms with Gasteiger partial charge in [-0.1, -0.05) is 84.0 Å². The van der Waals surface area contributed by atoms with Gasteiger partial charge in [0.15, 0.2) is 5.96 Å². The number of nitrogens with zero attached hydrogens (tertiary/aromatic N) is 1. The van der Waals surface area contributed by atoms with Crippen molar-refractivity contribution in [2.45, 2.75) is 116 Å². The number of nitrogens with one attached hydrogen (secondary N) is 1. The molecule has 5 N–H and O–H groups in total. The van der Waals surface area contributed by atoms with Gasteiger partial charge in [0, 0.05) is 13.0 Å². The number of carbonyl (C=O) groups excluding carboxylic acids is 2. The third-order valence-electron chi connectivity index (χ3n) is 5.27. The number of methoxy groups -OCH3 is 1. The van der Waals surface area contributed by atoms with Gasteiger partial charge in [-0.3, -0.25) is 9.79 Å². The summed E-state index contributed by atoms with van der Waals surface area (Å²) in [6.45, 7) is 2.68. The van der Waals surface area contributed by atoms with Crippen molar-refractivity contribution in [2.75, 3.05) is 13.7 Å². The molecular weight excluding hydrogens is 380 g/mol.